The highest BCUT2D eigenvalue weighted by Gasteiger charge is 2.35. The van der Waals surface area contributed by atoms with Crippen molar-refractivity contribution >= 4 is 23.5 Å². The van der Waals surface area contributed by atoms with Crippen molar-refractivity contribution in [3.05, 3.63) is 54.1 Å². The zero-order chi connectivity index (χ0) is 21.1. The Balaban J connectivity index is 1.33. The lowest BCUT2D eigenvalue weighted by Gasteiger charge is -2.30. The Bertz CT molecular complexity index is 972. The van der Waals surface area contributed by atoms with E-state index in [0.29, 0.717) is 22.7 Å². The maximum absolute atomic E-state index is 12.4. The Morgan fingerprint density at radius 1 is 1.00 bits per heavy atom. The number of carbonyl (C=O) groups excluding carboxylic acids is 3. The number of anilines is 1. The van der Waals surface area contributed by atoms with Crippen molar-refractivity contribution in [3.8, 4) is 11.5 Å². The molecule has 2 amide bonds. The van der Waals surface area contributed by atoms with Crippen LogP contribution in [0.5, 0.6) is 11.5 Å². The van der Waals surface area contributed by atoms with Crippen molar-refractivity contribution in [2.24, 2.45) is 0 Å². The molecule has 4 rings (SSSR count). The minimum Gasteiger partial charge on any atom is -0.482 e. The standard InChI is InChI=1S/C22H22N2O6/c1-13-20(30-18-9-5-4-8-17(18)29-13)22(27)28-12-19(25)24-16-7-3-2-6-15(16)21(26)23-14-10-11-14/h2-9,13-14,20H,10-12H2,1H3,(H,23,26)(H,24,25). The molecular weight excluding hydrogens is 388 g/mol. The highest BCUT2D eigenvalue weighted by molar-refractivity contribution is 6.04. The first-order valence-electron chi connectivity index (χ1n) is 9.80. The van der Waals surface area contributed by atoms with E-state index in [1.165, 1.54) is 0 Å². The maximum atomic E-state index is 12.4. The van der Waals surface area contributed by atoms with Gasteiger partial charge in [0.15, 0.2) is 18.1 Å². The molecule has 0 radical (unpaired) electrons. The largest absolute Gasteiger partial charge is 0.482 e. The zero-order valence-corrected chi connectivity index (χ0v) is 16.4. The Kier molecular flexibility index (Phi) is 5.56. The first kappa shape index (κ1) is 19.8. The summed E-state index contributed by atoms with van der Waals surface area (Å²) in [6, 6.07) is 13.9. The Morgan fingerprint density at radius 2 is 1.67 bits per heavy atom. The molecule has 0 aromatic heterocycles. The van der Waals surface area contributed by atoms with Crippen molar-refractivity contribution in [1.82, 2.24) is 5.32 Å². The van der Waals surface area contributed by atoms with E-state index in [0.717, 1.165) is 12.8 Å². The summed E-state index contributed by atoms with van der Waals surface area (Å²) in [4.78, 5) is 37.0. The van der Waals surface area contributed by atoms with Gasteiger partial charge in [0.2, 0.25) is 6.10 Å². The molecule has 0 spiro atoms. The van der Waals surface area contributed by atoms with Gasteiger partial charge >= 0.3 is 5.97 Å². The molecule has 2 aromatic rings. The third-order valence-electron chi connectivity index (χ3n) is 4.78. The Morgan fingerprint density at radius 3 is 2.40 bits per heavy atom. The minimum absolute atomic E-state index is 0.201. The fourth-order valence-corrected chi connectivity index (χ4v) is 3.07. The van der Waals surface area contributed by atoms with Gasteiger partial charge in [0.25, 0.3) is 11.8 Å². The number of hydrogen-bond acceptors (Lipinski definition) is 6. The first-order valence-corrected chi connectivity index (χ1v) is 9.80. The summed E-state index contributed by atoms with van der Waals surface area (Å²) in [5.74, 6) is -0.511. The molecule has 156 valence electrons. The van der Waals surface area contributed by atoms with E-state index in [1.54, 1.807) is 55.5 Å². The van der Waals surface area contributed by atoms with Crippen LogP contribution in [0, 0.1) is 0 Å². The Labute approximate surface area is 173 Å². The number of esters is 1. The second-order valence-corrected chi connectivity index (χ2v) is 7.26. The maximum Gasteiger partial charge on any atom is 0.351 e. The van der Waals surface area contributed by atoms with E-state index < -0.39 is 30.7 Å². The highest BCUT2D eigenvalue weighted by atomic mass is 16.6. The SMILES string of the molecule is CC1Oc2ccccc2OC1C(=O)OCC(=O)Nc1ccccc1C(=O)NC1CC1. The smallest absolute Gasteiger partial charge is 0.351 e. The van der Waals surface area contributed by atoms with Crippen LogP contribution in [0.4, 0.5) is 5.69 Å². The summed E-state index contributed by atoms with van der Waals surface area (Å²) < 4.78 is 16.5. The molecule has 2 unspecified atom stereocenters. The third-order valence-corrected chi connectivity index (χ3v) is 4.78. The summed E-state index contributed by atoms with van der Waals surface area (Å²) in [5, 5.41) is 5.51. The molecule has 8 heteroatoms. The van der Waals surface area contributed by atoms with E-state index >= 15 is 0 Å². The lowest BCUT2D eigenvalue weighted by Crippen LogP contribution is -2.45. The van der Waals surface area contributed by atoms with Gasteiger partial charge in [0.1, 0.15) is 6.10 Å². The van der Waals surface area contributed by atoms with Crippen LogP contribution >= 0.6 is 0 Å². The van der Waals surface area contributed by atoms with Crippen LogP contribution in [0.25, 0.3) is 0 Å². The van der Waals surface area contributed by atoms with Gasteiger partial charge in [-0.3, -0.25) is 9.59 Å². The summed E-state index contributed by atoms with van der Waals surface area (Å²) in [6.07, 6.45) is 0.379. The van der Waals surface area contributed by atoms with Crippen molar-refractivity contribution in [1.29, 1.82) is 0 Å². The van der Waals surface area contributed by atoms with Crippen LogP contribution < -0.4 is 20.1 Å². The summed E-state index contributed by atoms with van der Waals surface area (Å²) in [6.45, 7) is 1.18. The van der Waals surface area contributed by atoms with E-state index in [4.69, 9.17) is 14.2 Å². The first-order chi connectivity index (χ1) is 14.5. The van der Waals surface area contributed by atoms with Crippen molar-refractivity contribution in [2.45, 2.75) is 38.0 Å². The van der Waals surface area contributed by atoms with Crippen LogP contribution in [0.2, 0.25) is 0 Å². The van der Waals surface area contributed by atoms with E-state index in [1.807, 2.05) is 0 Å². The second-order valence-electron chi connectivity index (χ2n) is 7.26. The molecule has 30 heavy (non-hydrogen) atoms. The minimum atomic E-state index is -0.982. The van der Waals surface area contributed by atoms with Gasteiger partial charge in [-0.05, 0) is 44.0 Å². The van der Waals surface area contributed by atoms with Crippen molar-refractivity contribution < 1.29 is 28.6 Å². The van der Waals surface area contributed by atoms with Gasteiger partial charge in [-0.25, -0.2) is 4.79 Å². The quantitative estimate of drug-likeness (QED) is 0.709. The molecular formula is C22H22N2O6. The molecule has 1 saturated carbocycles. The normalized spacial score (nSPS) is 19.5. The van der Waals surface area contributed by atoms with Crippen molar-refractivity contribution in [3.63, 3.8) is 0 Å². The van der Waals surface area contributed by atoms with Gasteiger partial charge in [-0.15, -0.1) is 0 Å². The fraction of sp³-hybridized carbons (Fsp3) is 0.318. The topological polar surface area (TPSA) is 103 Å². The number of carbonyl (C=O) groups is 3. The number of benzene rings is 2. The molecule has 0 saturated heterocycles. The molecule has 0 bridgehead atoms. The molecule has 1 aliphatic carbocycles. The number of ether oxygens (including phenoxy) is 3. The third kappa shape index (κ3) is 4.53. The van der Waals surface area contributed by atoms with Crippen LogP contribution in [0.1, 0.15) is 30.1 Å². The monoisotopic (exact) mass is 410 g/mol. The zero-order valence-electron chi connectivity index (χ0n) is 16.4. The summed E-state index contributed by atoms with van der Waals surface area (Å²) >= 11 is 0. The molecule has 2 aliphatic rings. The lowest BCUT2D eigenvalue weighted by molar-refractivity contribution is -0.159. The van der Waals surface area contributed by atoms with Gasteiger partial charge in [0, 0.05) is 6.04 Å². The van der Waals surface area contributed by atoms with Gasteiger partial charge < -0.3 is 24.8 Å². The molecule has 1 heterocycles. The van der Waals surface area contributed by atoms with Gasteiger partial charge in [0.05, 0.1) is 11.3 Å². The molecule has 8 nitrogen and oxygen atoms in total. The lowest BCUT2D eigenvalue weighted by atomic mass is 10.1. The summed E-state index contributed by atoms with van der Waals surface area (Å²) in [5.41, 5.74) is 0.717. The van der Waals surface area contributed by atoms with Crippen LogP contribution in [0.15, 0.2) is 48.5 Å². The summed E-state index contributed by atoms with van der Waals surface area (Å²) in [7, 11) is 0. The predicted molar refractivity (Wildman–Crippen MR) is 107 cm³/mol. The van der Waals surface area contributed by atoms with Crippen LogP contribution in [-0.4, -0.2) is 42.6 Å². The molecule has 1 aliphatic heterocycles. The fourth-order valence-electron chi connectivity index (χ4n) is 3.07. The predicted octanol–water partition coefficient (Wildman–Crippen LogP) is 2.29. The molecule has 2 aromatic carbocycles. The number of fused-ring (bicyclic) bond motifs is 1. The molecule has 2 atom stereocenters. The van der Waals surface area contributed by atoms with Crippen molar-refractivity contribution in [2.75, 3.05) is 11.9 Å². The highest BCUT2D eigenvalue weighted by Crippen LogP contribution is 2.33. The van der Waals surface area contributed by atoms with Gasteiger partial charge in [-0.1, -0.05) is 24.3 Å². The average molecular weight is 410 g/mol. The molecule has 2 N–H and O–H groups in total. The number of nitrogens with one attached hydrogen (secondary N) is 2. The molecule has 1 fully saturated rings. The number of hydrogen-bond donors (Lipinski definition) is 2. The van der Waals surface area contributed by atoms with Crippen LogP contribution in [0.3, 0.4) is 0 Å². The van der Waals surface area contributed by atoms with Crippen LogP contribution in [-0.2, 0) is 14.3 Å². The number of para-hydroxylation sites is 3. The second kappa shape index (κ2) is 8.44. The van der Waals surface area contributed by atoms with E-state index in [9.17, 15) is 14.4 Å². The average Bonchev–Trinajstić information content (AvgIpc) is 3.56. The number of amides is 2. The Hall–Kier alpha value is -3.55. The number of rotatable bonds is 6. The van der Waals surface area contributed by atoms with Gasteiger partial charge in [-0.2, -0.15) is 0 Å². The van der Waals surface area contributed by atoms with E-state index in [-0.39, 0.29) is 11.9 Å². The van der Waals surface area contributed by atoms with E-state index in [2.05, 4.69) is 10.6 Å².